The van der Waals surface area contributed by atoms with E-state index in [-0.39, 0.29) is 6.73 Å². The average molecular weight is 132 g/mol. The third-order valence-corrected chi connectivity index (χ3v) is 1.54. The zero-order valence-corrected chi connectivity index (χ0v) is 6.35. The van der Waals surface area contributed by atoms with Crippen molar-refractivity contribution in [3.8, 4) is 0 Å². The summed E-state index contributed by atoms with van der Waals surface area (Å²) >= 11 is 0. The lowest BCUT2D eigenvalue weighted by atomic mass is 10.0. The quantitative estimate of drug-likeness (QED) is 0.541. The Kier molecular flexibility index (Phi) is 3.11. The van der Waals surface area contributed by atoms with E-state index in [9.17, 15) is 0 Å². The molecule has 0 aliphatic rings. The number of nitrogens with two attached hydrogens (primary N) is 2. The predicted molar refractivity (Wildman–Crippen MR) is 37.6 cm³/mol. The number of rotatable bonds is 3. The number of ether oxygens (including phenoxy) is 1. The summed E-state index contributed by atoms with van der Waals surface area (Å²) in [5, 5.41) is 0. The molecule has 0 spiro atoms. The first-order valence-electron chi connectivity index (χ1n) is 3.13. The van der Waals surface area contributed by atoms with Crippen LogP contribution < -0.4 is 11.5 Å². The van der Waals surface area contributed by atoms with Gasteiger partial charge in [-0.15, -0.1) is 0 Å². The van der Waals surface area contributed by atoms with E-state index >= 15 is 0 Å². The van der Waals surface area contributed by atoms with Crippen molar-refractivity contribution < 1.29 is 4.74 Å². The Bertz CT molecular complexity index is 81.1. The van der Waals surface area contributed by atoms with Crippen LogP contribution in [0.4, 0.5) is 0 Å². The molecular weight excluding hydrogens is 116 g/mol. The summed E-state index contributed by atoms with van der Waals surface area (Å²) in [4.78, 5) is 0. The van der Waals surface area contributed by atoms with E-state index in [1.807, 2.05) is 20.8 Å². The van der Waals surface area contributed by atoms with E-state index in [1.165, 1.54) is 0 Å². The van der Waals surface area contributed by atoms with Gasteiger partial charge in [-0.3, -0.25) is 0 Å². The van der Waals surface area contributed by atoms with Gasteiger partial charge in [0.05, 0.1) is 6.73 Å². The molecule has 0 aromatic rings. The van der Waals surface area contributed by atoms with Crippen molar-refractivity contribution in [2.24, 2.45) is 17.4 Å². The van der Waals surface area contributed by atoms with Gasteiger partial charge < -0.3 is 16.2 Å². The molecule has 0 aromatic carbocycles. The zero-order valence-electron chi connectivity index (χ0n) is 6.35. The van der Waals surface area contributed by atoms with Crippen LogP contribution in [-0.4, -0.2) is 12.5 Å². The molecule has 0 aliphatic carbocycles. The highest BCUT2D eigenvalue weighted by molar-refractivity contribution is 4.69. The summed E-state index contributed by atoms with van der Waals surface area (Å²) in [6.45, 7) is 6.00. The molecule has 0 amide bonds. The predicted octanol–water partition coefficient (Wildman–Crippen LogP) is 0.250. The van der Waals surface area contributed by atoms with Crippen molar-refractivity contribution in [2.75, 3.05) is 6.73 Å². The number of hydrogen-bond donors (Lipinski definition) is 2. The van der Waals surface area contributed by atoms with E-state index in [1.54, 1.807) is 0 Å². The minimum atomic E-state index is -0.575. The summed E-state index contributed by atoms with van der Waals surface area (Å²) in [7, 11) is 0. The molecule has 0 saturated carbocycles. The lowest BCUT2D eigenvalue weighted by Gasteiger charge is -2.28. The molecule has 4 N–H and O–H groups in total. The smallest absolute Gasteiger partial charge is 0.117 e. The molecule has 0 bridgehead atoms. The lowest BCUT2D eigenvalue weighted by Crippen LogP contribution is -2.45. The van der Waals surface area contributed by atoms with Crippen LogP contribution in [-0.2, 0) is 4.74 Å². The summed E-state index contributed by atoms with van der Waals surface area (Å²) in [5.74, 6) is 0.293. The minimum Gasteiger partial charge on any atom is -0.346 e. The van der Waals surface area contributed by atoms with Gasteiger partial charge in [-0.2, -0.15) is 0 Å². The van der Waals surface area contributed by atoms with Crippen molar-refractivity contribution in [2.45, 2.75) is 26.5 Å². The molecule has 9 heavy (non-hydrogen) atoms. The first kappa shape index (κ1) is 8.88. The Balaban J connectivity index is 3.70. The summed E-state index contributed by atoms with van der Waals surface area (Å²) in [5.41, 5.74) is 10.2. The topological polar surface area (TPSA) is 61.3 Å². The lowest BCUT2D eigenvalue weighted by molar-refractivity contribution is -0.0570. The average Bonchev–Trinajstić information content (AvgIpc) is 1.65. The highest BCUT2D eigenvalue weighted by Gasteiger charge is 2.22. The van der Waals surface area contributed by atoms with Gasteiger partial charge in [0.2, 0.25) is 0 Å². The van der Waals surface area contributed by atoms with E-state index < -0.39 is 5.72 Å². The van der Waals surface area contributed by atoms with Crippen molar-refractivity contribution in [3.05, 3.63) is 0 Å². The standard InChI is InChI=1S/C6H16N2O/c1-5(2)6(3,8)9-4-7/h5H,4,7-8H2,1-3H3. The van der Waals surface area contributed by atoms with Crippen LogP contribution in [0, 0.1) is 5.92 Å². The van der Waals surface area contributed by atoms with E-state index in [0.29, 0.717) is 5.92 Å². The second-order valence-corrected chi connectivity index (χ2v) is 2.65. The van der Waals surface area contributed by atoms with Crippen LogP contribution in [0.1, 0.15) is 20.8 Å². The van der Waals surface area contributed by atoms with Crippen LogP contribution in [0.3, 0.4) is 0 Å². The molecule has 0 aromatic heterocycles. The summed E-state index contributed by atoms with van der Waals surface area (Å²) in [6.07, 6.45) is 0. The highest BCUT2D eigenvalue weighted by Crippen LogP contribution is 2.12. The van der Waals surface area contributed by atoms with Crippen molar-refractivity contribution in [3.63, 3.8) is 0 Å². The van der Waals surface area contributed by atoms with Gasteiger partial charge in [0.1, 0.15) is 5.72 Å². The first-order chi connectivity index (χ1) is 4.00. The van der Waals surface area contributed by atoms with Crippen molar-refractivity contribution in [1.82, 2.24) is 0 Å². The first-order valence-corrected chi connectivity index (χ1v) is 3.13. The Morgan fingerprint density at radius 2 is 2.00 bits per heavy atom. The van der Waals surface area contributed by atoms with Crippen LogP contribution in [0.5, 0.6) is 0 Å². The minimum absolute atomic E-state index is 0.186. The van der Waals surface area contributed by atoms with Gasteiger partial charge in [0, 0.05) is 0 Å². The van der Waals surface area contributed by atoms with E-state index in [4.69, 9.17) is 16.2 Å². The SMILES string of the molecule is CC(C)C(C)(N)OCN. The highest BCUT2D eigenvalue weighted by atomic mass is 16.5. The van der Waals surface area contributed by atoms with Gasteiger partial charge in [-0.25, -0.2) is 0 Å². The molecule has 0 heterocycles. The molecule has 0 radical (unpaired) electrons. The van der Waals surface area contributed by atoms with Gasteiger partial charge in [0.15, 0.2) is 0 Å². The Labute approximate surface area is 56.4 Å². The molecule has 1 unspecified atom stereocenters. The van der Waals surface area contributed by atoms with Crippen LogP contribution in [0.2, 0.25) is 0 Å². The summed E-state index contributed by atoms with van der Waals surface area (Å²) < 4.78 is 5.05. The molecule has 0 aliphatic heterocycles. The van der Waals surface area contributed by atoms with Gasteiger partial charge in [-0.05, 0) is 12.8 Å². The fourth-order valence-corrected chi connectivity index (χ4v) is 0.346. The van der Waals surface area contributed by atoms with Crippen LogP contribution in [0.15, 0.2) is 0 Å². The maximum absolute atomic E-state index is 5.67. The zero-order chi connectivity index (χ0) is 7.49. The normalized spacial score (nSPS) is 18.0. The maximum atomic E-state index is 5.67. The van der Waals surface area contributed by atoms with Gasteiger partial charge >= 0.3 is 0 Å². The Morgan fingerprint density at radius 3 is 2.11 bits per heavy atom. The van der Waals surface area contributed by atoms with E-state index in [0.717, 1.165) is 0 Å². The van der Waals surface area contributed by atoms with Crippen molar-refractivity contribution in [1.29, 1.82) is 0 Å². The van der Waals surface area contributed by atoms with E-state index in [2.05, 4.69) is 0 Å². The fraction of sp³-hybridized carbons (Fsp3) is 1.00. The molecule has 56 valence electrons. The number of hydrogen-bond acceptors (Lipinski definition) is 3. The van der Waals surface area contributed by atoms with Crippen LogP contribution in [0.25, 0.3) is 0 Å². The van der Waals surface area contributed by atoms with Gasteiger partial charge in [-0.1, -0.05) is 13.8 Å². The second kappa shape index (κ2) is 3.15. The molecule has 3 nitrogen and oxygen atoms in total. The molecular formula is C6H16N2O. The second-order valence-electron chi connectivity index (χ2n) is 2.65. The van der Waals surface area contributed by atoms with Gasteiger partial charge in [0.25, 0.3) is 0 Å². The van der Waals surface area contributed by atoms with Crippen LogP contribution >= 0.6 is 0 Å². The molecule has 1 atom stereocenters. The maximum Gasteiger partial charge on any atom is 0.117 e. The summed E-state index contributed by atoms with van der Waals surface area (Å²) in [6, 6.07) is 0. The largest absolute Gasteiger partial charge is 0.346 e. The molecule has 0 fully saturated rings. The molecule has 0 saturated heterocycles. The molecule has 3 heteroatoms. The fourth-order valence-electron chi connectivity index (χ4n) is 0.346. The Morgan fingerprint density at radius 1 is 1.56 bits per heavy atom. The monoisotopic (exact) mass is 132 g/mol. The van der Waals surface area contributed by atoms with Crippen molar-refractivity contribution >= 4 is 0 Å². The third-order valence-electron chi connectivity index (χ3n) is 1.54. The molecule has 0 rings (SSSR count). The Hall–Kier alpha value is -0.120. The third kappa shape index (κ3) is 2.79.